The molecule has 5 heteroatoms. The molecule has 2 N–H and O–H groups in total. The van der Waals surface area contributed by atoms with Crippen LogP contribution in [0.25, 0.3) is 0 Å². The summed E-state index contributed by atoms with van der Waals surface area (Å²) in [6.07, 6.45) is 4.49. The molecule has 1 aromatic rings. The molecule has 1 saturated carbocycles. The summed E-state index contributed by atoms with van der Waals surface area (Å²) in [5, 5.41) is 5.79. The van der Waals surface area contributed by atoms with Crippen molar-refractivity contribution in [2.45, 2.75) is 38.6 Å². The Kier molecular flexibility index (Phi) is 5.20. The smallest absolute Gasteiger partial charge is 0.337 e. The van der Waals surface area contributed by atoms with Crippen molar-refractivity contribution in [3.63, 3.8) is 0 Å². The zero-order valence-electron chi connectivity index (χ0n) is 12.5. The van der Waals surface area contributed by atoms with E-state index in [2.05, 4.69) is 22.3 Å². The van der Waals surface area contributed by atoms with E-state index in [1.807, 2.05) is 0 Å². The van der Waals surface area contributed by atoms with Crippen LogP contribution in [-0.4, -0.2) is 25.2 Å². The van der Waals surface area contributed by atoms with E-state index in [9.17, 15) is 9.59 Å². The van der Waals surface area contributed by atoms with Gasteiger partial charge >= 0.3 is 12.0 Å². The van der Waals surface area contributed by atoms with Gasteiger partial charge in [0, 0.05) is 11.7 Å². The van der Waals surface area contributed by atoms with Gasteiger partial charge in [-0.2, -0.15) is 0 Å². The Hall–Kier alpha value is -2.04. The van der Waals surface area contributed by atoms with Crippen LogP contribution >= 0.6 is 0 Å². The van der Waals surface area contributed by atoms with E-state index in [1.54, 1.807) is 24.3 Å². The highest BCUT2D eigenvalue weighted by Crippen LogP contribution is 2.23. The number of anilines is 1. The number of esters is 1. The Morgan fingerprint density at radius 3 is 2.52 bits per heavy atom. The number of urea groups is 1. The highest BCUT2D eigenvalue weighted by atomic mass is 16.5. The number of nitrogens with one attached hydrogen (secondary N) is 2. The van der Waals surface area contributed by atoms with Gasteiger partial charge in [0.25, 0.3) is 0 Å². The average Bonchev–Trinajstić information content (AvgIpc) is 2.47. The zero-order chi connectivity index (χ0) is 15.2. The fourth-order valence-corrected chi connectivity index (χ4v) is 2.73. The maximum atomic E-state index is 11.9. The van der Waals surface area contributed by atoms with Crippen LogP contribution in [0.5, 0.6) is 0 Å². The van der Waals surface area contributed by atoms with E-state index in [0.29, 0.717) is 17.2 Å². The largest absolute Gasteiger partial charge is 0.465 e. The number of ether oxygens (including phenoxy) is 1. The number of methoxy groups -OCH3 is 1. The van der Waals surface area contributed by atoms with Crippen LogP contribution in [0, 0.1) is 5.92 Å². The Morgan fingerprint density at radius 1 is 1.19 bits per heavy atom. The number of carbonyl (C=O) groups is 2. The normalized spacial score (nSPS) is 21.4. The van der Waals surface area contributed by atoms with Crippen LogP contribution in [0.2, 0.25) is 0 Å². The van der Waals surface area contributed by atoms with Gasteiger partial charge in [0.1, 0.15) is 0 Å². The highest BCUT2D eigenvalue weighted by molar-refractivity contribution is 5.92. The summed E-state index contributed by atoms with van der Waals surface area (Å²) >= 11 is 0. The number of rotatable bonds is 3. The third kappa shape index (κ3) is 4.48. The summed E-state index contributed by atoms with van der Waals surface area (Å²) in [6, 6.07) is 6.70. The molecule has 1 aliphatic rings. The fraction of sp³-hybridized carbons (Fsp3) is 0.500. The van der Waals surface area contributed by atoms with Crippen molar-refractivity contribution in [3.8, 4) is 0 Å². The molecule has 0 heterocycles. The summed E-state index contributed by atoms with van der Waals surface area (Å²) in [4.78, 5) is 23.3. The summed E-state index contributed by atoms with van der Waals surface area (Å²) < 4.78 is 4.63. The van der Waals surface area contributed by atoms with Gasteiger partial charge in [-0.1, -0.05) is 19.8 Å². The van der Waals surface area contributed by atoms with E-state index in [-0.39, 0.29) is 18.0 Å². The molecule has 0 unspecified atom stereocenters. The summed E-state index contributed by atoms with van der Waals surface area (Å²) in [7, 11) is 1.34. The quantitative estimate of drug-likeness (QED) is 0.840. The molecule has 0 aliphatic heterocycles. The molecule has 0 radical (unpaired) electrons. The van der Waals surface area contributed by atoms with Crippen molar-refractivity contribution >= 4 is 17.7 Å². The highest BCUT2D eigenvalue weighted by Gasteiger charge is 2.20. The minimum atomic E-state index is -0.387. The third-order valence-corrected chi connectivity index (χ3v) is 3.84. The molecule has 2 atom stereocenters. The second-order valence-corrected chi connectivity index (χ2v) is 5.64. The van der Waals surface area contributed by atoms with Crippen molar-refractivity contribution in [1.82, 2.24) is 5.32 Å². The van der Waals surface area contributed by atoms with Gasteiger partial charge in [-0.25, -0.2) is 9.59 Å². The molecule has 21 heavy (non-hydrogen) atoms. The van der Waals surface area contributed by atoms with Gasteiger partial charge in [-0.05, 0) is 43.0 Å². The van der Waals surface area contributed by atoms with Crippen LogP contribution in [0.15, 0.2) is 24.3 Å². The number of benzene rings is 1. The molecule has 2 amide bonds. The molecule has 1 fully saturated rings. The van der Waals surface area contributed by atoms with E-state index in [1.165, 1.54) is 20.0 Å². The molecule has 114 valence electrons. The van der Waals surface area contributed by atoms with Crippen LogP contribution in [0.3, 0.4) is 0 Å². The molecule has 1 aliphatic carbocycles. The number of carbonyl (C=O) groups excluding carboxylic acids is 2. The fourth-order valence-electron chi connectivity index (χ4n) is 2.73. The Morgan fingerprint density at radius 2 is 1.90 bits per heavy atom. The van der Waals surface area contributed by atoms with E-state index >= 15 is 0 Å². The number of hydrogen-bond donors (Lipinski definition) is 2. The first-order valence-electron chi connectivity index (χ1n) is 7.34. The van der Waals surface area contributed by atoms with Crippen LogP contribution in [-0.2, 0) is 4.74 Å². The molecule has 0 saturated heterocycles. The molecular weight excluding hydrogens is 268 g/mol. The molecule has 2 rings (SSSR count). The van der Waals surface area contributed by atoms with E-state index in [4.69, 9.17) is 0 Å². The maximum Gasteiger partial charge on any atom is 0.337 e. The first-order valence-corrected chi connectivity index (χ1v) is 7.34. The predicted octanol–water partition coefficient (Wildman–Crippen LogP) is 3.17. The first kappa shape index (κ1) is 15.4. The van der Waals surface area contributed by atoms with Gasteiger partial charge in [0.05, 0.1) is 12.7 Å². The zero-order valence-corrected chi connectivity index (χ0v) is 12.5. The number of hydrogen-bond acceptors (Lipinski definition) is 3. The lowest BCUT2D eigenvalue weighted by molar-refractivity contribution is 0.0601. The van der Waals surface area contributed by atoms with Crippen molar-refractivity contribution < 1.29 is 14.3 Å². The van der Waals surface area contributed by atoms with Gasteiger partial charge in [0.15, 0.2) is 0 Å². The van der Waals surface area contributed by atoms with Crippen molar-refractivity contribution in [2.75, 3.05) is 12.4 Å². The van der Waals surface area contributed by atoms with Crippen molar-refractivity contribution in [1.29, 1.82) is 0 Å². The van der Waals surface area contributed by atoms with Crippen molar-refractivity contribution in [3.05, 3.63) is 29.8 Å². The maximum absolute atomic E-state index is 11.9. The van der Waals surface area contributed by atoms with Gasteiger partial charge in [-0.3, -0.25) is 0 Å². The van der Waals surface area contributed by atoms with Crippen LogP contribution in [0.4, 0.5) is 10.5 Å². The SMILES string of the molecule is COC(=O)c1ccc(NC(=O)N[C@H]2CCC[C@@H](C)C2)cc1. The number of amides is 2. The Balaban J connectivity index is 1.86. The first-order chi connectivity index (χ1) is 10.1. The molecule has 0 aromatic heterocycles. The average molecular weight is 290 g/mol. The van der Waals surface area contributed by atoms with E-state index < -0.39 is 0 Å². The second kappa shape index (κ2) is 7.11. The molecule has 5 nitrogen and oxygen atoms in total. The third-order valence-electron chi connectivity index (χ3n) is 3.84. The second-order valence-electron chi connectivity index (χ2n) is 5.64. The van der Waals surface area contributed by atoms with Gasteiger partial charge < -0.3 is 15.4 Å². The predicted molar refractivity (Wildman–Crippen MR) is 81.4 cm³/mol. The summed E-state index contributed by atoms with van der Waals surface area (Å²) in [6.45, 7) is 2.22. The monoisotopic (exact) mass is 290 g/mol. The minimum absolute atomic E-state index is 0.195. The lowest BCUT2D eigenvalue weighted by atomic mass is 9.87. The lowest BCUT2D eigenvalue weighted by Gasteiger charge is -2.27. The molecule has 0 bridgehead atoms. The Labute approximate surface area is 125 Å². The summed E-state index contributed by atoms with van der Waals surface area (Å²) in [5.74, 6) is 0.283. The molecular formula is C16H22N2O3. The topological polar surface area (TPSA) is 67.4 Å². The van der Waals surface area contributed by atoms with Crippen LogP contribution < -0.4 is 10.6 Å². The van der Waals surface area contributed by atoms with E-state index in [0.717, 1.165) is 12.8 Å². The van der Waals surface area contributed by atoms with Gasteiger partial charge in [0.2, 0.25) is 0 Å². The minimum Gasteiger partial charge on any atom is -0.465 e. The van der Waals surface area contributed by atoms with Crippen LogP contribution in [0.1, 0.15) is 43.0 Å². The lowest BCUT2D eigenvalue weighted by Crippen LogP contribution is -2.40. The van der Waals surface area contributed by atoms with Gasteiger partial charge in [-0.15, -0.1) is 0 Å². The Bertz CT molecular complexity index is 499. The molecule has 1 aromatic carbocycles. The van der Waals surface area contributed by atoms with Crippen molar-refractivity contribution in [2.24, 2.45) is 5.92 Å². The molecule has 0 spiro atoms. The standard InChI is InChI=1S/C16H22N2O3/c1-11-4-3-5-14(10-11)18-16(20)17-13-8-6-12(7-9-13)15(19)21-2/h6-9,11,14H,3-5,10H2,1-2H3,(H2,17,18,20)/t11-,14+/m1/s1. The summed E-state index contributed by atoms with van der Waals surface area (Å²) in [5.41, 5.74) is 1.12.